The van der Waals surface area contributed by atoms with Gasteiger partial charge >= 0.3 is 0 Å². The van der Waals surface area contributed by atoms with Crippen molar-refractivity contribution in [1.82, 2.24) is 0 Å². The number of carbonyl (C=O) groups is 2. The number of hydrogen-bond donors (Lipinski definition) is 2. The molecule has 0 spiro atoms. The summed E-state index contributed by atoms with van der Waals surface area (Å²) in [7, 11) is 1.57. The van der Waals surface area contributed by atoms with Gasteiger partial charge < -0.3 is 15.4 Å². The molecule has 0 aliphatic rings. The molecule has 3 rings (SSSR count). The van der Waals surface area contributed by atoms with E-state index in [1.165, 1.54) is 0 Å². The van der Waals surface area contributed by atoms with Crippen LogP contribution in [0.5, 0.6) is 5.75 Å². The molecule has 0 heterocycles. The molecule has 0 aromatic heterocycles. The monoisotopic (exact) mass is 360 g/mol. The second kappa shape index (κ2) is 8.19. The van der Waals surface area contributed by atoms with Crippen LogP contribution in [0.15, 0.2) is 72.8 Å². The van der Waals surface area contributed by atoms with Gasteiger partial charge in [0.2, 0.25) is 0 Å². The highest BCUT2D eigenvalue weighted by Gasteiger charge is 2.12. The molecule has 0 atom stereocenters. The van der Waals surface area contributed by atoms with E-state index in [9.17, 15) is 9.59 Å². The van der Waals surface area contributed by atoms with Crippen LogP contribution in [0, 0.1) is 6.92 Å². The molecule has 27 heavy (non-hydrogen) atoms. The summed E-state index contributed by atoms with van der Waals surface area (Å²) in [5.41, 5.74) is 3.15. The molecule has 3 aromatic carbocycles. The van der Waals surface area contributed by atoms with Gasteiger partial charge in [-0.2, -0.15) is 0 Å². The Kier molecular flexibility index (Phi) is 5.52. The zero-order valence-corrected chi connectivity index (χ0v) is 15.2. The molecule has 0 bridgehead atoms. The third-order valence-corrected chi connectivity index (χ3v) is 4.11. The van der Waals surface area contributed by atoms with Gasteiger partial charge in [-0.15, -0.1) is 0 Å². The third kappa shape index (κ3) is 4.52. The highest BCUT2D eigenvalue weighted by atomic mass is 16.5. The van der Waals surface area contributed by atoms with Crippen molar-refractivity contribution in [1.29, 1.82) is 0 Å². The maximum Gasteiger partial charge on any atom is 0.255 e. The lowest BCUT2D eigenvalue weighted by Gasteiger charge is -2.10. The van der Waals surface area contributed by atoms with Crippen LogP contribution in [0.25, 0.3) is 0 Å². The van der Waals surface area contributed by atoms with E-state index >= 15 is 0 Å². The van der Waals surface area contributed by atoms with E-state index in [-0.39, 0.29) is 11.8 Å². The highest BCUT2D eigenvalue weighted by molar-refractivity contribution is 6.08. The zero-order valence-electron chi connectivity index (χ0n) is 15.2. The first-order valence-electron chi connectivity index (χ1n) is 8.49. The summed E-state index contributed by atoms with van der Waals surface area (Å²) >= 11 is 0. The summed E-state index contributed by atoms with van der Waals surface area (Å²) in [6, 6.07) is 21.2. The van der Waals surface area contributed by atoms with Crippen molar-refractivity contribution >= 4 is 23.2 Å². The van der Waals surface area contributed by atoms with Gasteiger partial charge in [0.05, 0.1) is 7.11 Å². The van der Waals surface area contributed by atoms with Gasteiger partial charge in [0.25, 0.3) is 11.8 Å². The zero-order chi connectivity index (χ0) is 19.2. The fourth-order valence-electron chi connectivity index (χ4n) is 2.61. The number of anilines is 2. The number of aryl methyl sites for hydroxylation is 1. The Bertz CT molecular complexity index is 983. The Morgan fingerprint density at radius 1 is 0.778 bits per heavy atom. The van der Waals surface area contributed by atoms with Crippen molar-refractivity contribution in [2.75, 3.05) is 17.7 Å². The molecule has 0 radical (unpaired) electrons. The molecule has 0 aliphatic carbocycles. The second-order valence-corrected chi connectivity index (χ2v) is 6.04. The number of rotatable bonds is 5. The Morgan fingerprint density at radius 2 is 1.44 bits per heavy atom. The number of hydrogen-bond acceptors (Lipinski definition) is 3. The van der Waals surface area contributed by atoms with Crippen LogP contribution in [-0.2, 0) is 0 Å². The van der Waals surface area contributed by atoms with E-state index in [1.807, 2.05) is 31.2 Å². The van der Waals surface area contributed by atoms with E-state index in [2.05, 4.69) is 10.6 Å². The van der Waals surface area contributed by atoms with Crippen molar-refractivity contribution in [3.05, 3.63) is 89.5 Å². The molecular formula is C22H20N2O3. The minimum Gasteiger partial charge on any atom is -0.497 e. The maximum absolute atomic E-state index is 12.5. The van der Waals surface area contributed by atoms with Crippen molar-refractivity contribution in [2.24, 2.45) is 0 Å². The Hall–Kier alpha value is -3.60. The van der Waals surface area contributed by atoms with Gasteiger partial charge in [0.1, 0.15) is 5.75 Å². The van der Waals surface area contributed by atoms with Crippen LogP contribution in [0.2, 0.25) is 0 Å². The van der Waals surface area contributed by atoms with Gasteiger partial charge in [-0.05, 0) is 48.9 Å². The maximum atomic E-state index is 12.5. The molecule has 136 valence electrons. The quantitative estimate of drug-likeness (QED) is 0.703. The lowest BCUT2D eigenvalue weighted by Crippen LogP contribution is -2.16. The fourth-order valence-corrected chi connectivity index (χ4v) is 2.61. The van der Waals surface area contributed by atoms with Gasteiger partial charge in [-0.3, -0.25) is 9.59 Å². The number of methoxy groups -OCH3 is 1. The molecule has 0 saturated carbocycles. The predicted octanol–water partition coefficient (Wildman–Crippen LogP) is 4.51. The number of para-hydroxylation sites is 1. The van der Waals surface area contributed by atoms with Crippen molar-refractivity contribution in [3.8, 4) is 5.75 Å². The number of nitrogens with one attached hydrogen (secondary N) is 2. The molecule has 5 nitrogen and oxygen atoms in total. The fraction of sp³-hybridized carbons (Fsp3) is 0.0909. The highest BCUT2D eigenvalue weighted by Crippen LogP contribution is 2.18. The standard InChI is InChI=1S/C22H20N2O3/c1-15-7-3-4-12-20(15)24-22(26)17-9-5-8-16(13-17)21(25)23-18-10-6-11-19(14-18)27-2/h3-14H,1-2H3,(H,23,25)(H,24,26). The molecule has 0 fully saturated rings. The summed E-state index contributed by atoms with van der Waals surface area (Å²) in [6.07, 6.45) is 0. The molecule has 0 unspecified atom stereocenters. The van der Waals surface area contributed by atoms with Gasteiger partial charge in [-0.25, -0.2) is 0 Å². The number of ether oxygens (including phenoxy) is 1. The van der Waals surface area contributed by atoms with E-state index in [0.717, 1.165) is 11.3 Å². The van der Waals surface area contributed by atoms with Gasteiger partial charge in [-0.1, -0.05) is 30.3 Å². The number of carbonyl (C=O) groups excluding carboxylic acids is 2. The largest absolute Gasteiger partial charge is 0.497 e. The van der Waals surface area contributed by atoms with Crippen molar-refractivity contribution in [2.45, 2.75) is 6.92 Å². The van der Waals surface area contributed by atoms with E-state index in [1.54, 1.807) is 55.6 Å². The summed E-state index contributed by atoms with van der Waals surface area (Å²) < 4.78 is 5.15. The summed E-state index contributed by atoms with van der Waals surface area (Å²) in [5.74, 6) is 0.0910. The molecule has 5 heteroatoms. The lowest BCUT2D eigenvalue weighted by molar-refractivity contribution is 0.102. The SMILES string of the molecule is COc1cccc(NC(=O)c2cccc(C(=O)Nc3ccccc3C)c2)c1. The van der Waals surface area contributed by atoms with Crippen LogP contribution < -0.4 is 15.4 Å². The smallest absolute Gasteiger partial charge is 0.255 e. The molecular weight excluding hydrogens is 340 g/mol. The van der Waals surface area contributed by atoms with E-state index in [0.29, 0.717) is 22.6 Å². The van der Waals surface area contributed by atoms with Gasteiger partial charge in [0.15, 0.2) is 0 Å². The first-order chi connectivity index (χ1) is 13.1. The summed E-state index contributed by atoms with van der Waals surface area (Å²) in [5, 5.41) is 5.68. The number of amides is 2. The minimum atomic E-state index is -0.297. The molecule has 3 aromatic rings. The predicted molar refractivity (Wildman–Crippen MR) is 107 cm³/mol. The summed E-state index contributed by atoms with van der Waals surface area (Å²) in [6.45, 7) is 1.92. The average Bonchev–Trinajstić information content (AvgIpc) is 2.70. The average molecular weight is 360 g/mol. The number of benzene rings is 3. The topological polar surface area (TPSA) is 67.4 Å². The van der Waals surface area contributed by atoms with Crippen LogP contribution in [-0.4, -0.2) is 18.9 Å². The lowest BCUT2D eigenvalue weighted by atomic mass is 10.1. The van der Waals surface area contributed by atoms with Crippen molar-refractivity contribution in [3.63, 3.8) is 0 Å². The van der Waals surface area contributed by atoms with Crippen LogP contribution in [0.1, 0.15) is 26.3 Å². The Balaban J connectivity index is 1.75. The van der Waals surface area contributed by atoms with Gasteiger partial charge in [0, 0.05) is 28.6 Å². The van der Waals surface area contributed by atoms with Crippen LogP contribution in [0.4, 0.5) is 11.4 Å². The molecule has 0 saturated heterocycles. The van der Waals surface area contributed by atoms with Crippen molar-refractivity contribution < 1.29 is 14.3 Å². The Morgan fingerprint density at radius 3 is 2.15 bits per heavy atom. The second-order valence-electron chi connectivity index (χ2n) is 6.04. The Labute approximate surface area is 158 Å². The molecule has 0 aliphatic heterocycles. The van der Waals surface area contributed by atoms with Crippen LogP contribution in [0.3, 0.4) is 0 Å². The normalized spacial score (nSPS) is 10.1. The first kappa shape index (κ1) is 18.2. The molecule has 2 amide bonds. The molecule has 2 N–H and O–H groups in total. The van der Waals surface area contributed by atoms with Crippen LogP contribution >= 0.6 is 0 Å². The minimum absolute atomic E-state index is 0.264. The van der Waals surface area contributed by atoms with E-state index in [4.69, 9.17) is 4.74 Å². The first-order valence-corrected chi connectivity index (χ1v) is 8.49. The van der Waals surface area contributed by atoms with E-state index < -0.39 is 0 Å². The summed E-state index contributed by atoms with van der Waals surface area (Å²) in [4.78, 5) is 25.0. The third-order valence-electron chi connectivity index (χ3n) is 4.11.